The van der Waals surface area contributed by atoms with Crippen LogP contribution in [0.25, 0.3) is 16.5 Å². The molecule has 5 heteroatoms. The Morgan fingerprint density at radius 3 is 2.46 bits per heavy atom. The van der Waals surface area contributed by atoms with E-state index in [0.29, 0.717) is 27.9 Å². The first-order valence-corrected chi connectivity index (χ1v) is 9.66. The number of fused-ring (bicyclic) bond motifs is 1. The van der Waals surface area contributed by atoms with Crippen molar-refractivity contribution in [3.8, 4) is 11.4 Å². The number of likely N-dealkylation sites (tertiary alicyclic amines) is 1. The van der Waals surface area contributed by atoms with Gasteiger partial charge in [-0.25, -0.2) is 0 Å². The van der Waals surface area contributed by atoms with E-state index in [1.807, 2.05) is 47.4 Å². The Morgan fingerprint density at radius 1 is 1.07 bits per heavy atom. The molecule has 0 aliphatic carbocycles. The lowest BCUT2D eigenvalue weighted by molar-refractivity contribution is 0.0684. The number of amides is 1. The van der Waals surface area contributed by atoms with Crippen LogP contribution in [0.1, 0.15) is 30.1 Å². The Hall–Kier alpha value is -3.08. The van der Waals surface area contributed by atoms with E-state index in [4.69, 9.17) is 4.74 Å². The molecule has 144 valence electrons. The second-order valence-corrected chi connectivity index (χ2v) is 7.46. The van der Waals surface area contributed by atoms with Crippen molar-refractivity contribution < 1.29 is 9.53 Å². The van der Waals surface area contributed by atoms with Crippen molar-refractivity contribution >= 4 is 16.7 Å². The maximum atomic E-state index is 13.3. The molecule has 1 fully saturated rings. The van der Waals surface area contributed by atoms with Gasteiger partial charge in [-0.15, -0.1) is 0 Å². The Bertz CT molecular complexity index is 1070. The minimum absolute atomic E-state index is 0.00925. The Morgan fingerprint density at radius 2 is 1.79 bits per heavy atom. The SMILES string of the molecule is COc1ccc(-n2cc(C(=O)N3CCC[C@H](C)C3)c3ccccc3c2=O)cc1. The van der Waals surface area contributed by atoms with Gasteiger partial charge in [-0.05, 0) is 49.1 Å². The zero-order valence-electron chi connectivity index (χ0n) is 16.2. The average Bonchev–Trinajstić information content (AvgIpc) is 2.74. The molecule has 0 radical (unpaired) electrons. The predicted molar refractivity (Wildman–Crippen MR) is 110 cm³/mol. The van der Waals surface area contributed by atoms with Gasteiger partial charge in [0.15, 0.2) is 0 Å². The maximum absolute atomic E-state index is 13.3. The largest absolute Gasteiger partial charge is 0.497 e. The number of methoxy groups -OCH3 is 1. The molecule has 3 aromatic rings. The van der Waals surface area contributed by atoms with Crippen LogP contribution in [0.4, 0.5) is 0 Å². The highest BCUT2D eigenvalue weighted by Crippen LogP contribution is 2.23. The van der Waals surface area contributed by atoms with Gasteiger partial charge in [-0.2, -0.15) is 0 Å². The summed E-state index contributed by atoms with van der Waals surface area (Å²) in [5.74, 6) is 1.21. The van der Waals surface area contributed by atoms with Crippen molar-refractivity contribution in [1.29, 1.82) is 0 Å². The van der Waals surface area contributed by atoms with Crippen molar-refractivity contribution in [2.24, 2.45) is 5.92 Å². The van der Waals surface area contributed by atoms with Gasteiger partial charge in [0, 0.05) is 35.7 Å². The molecular formula is C23H24N2O3. The molecule has 5 nitrogen and oxygen atoms in total. The molecule has 4 rings (SSSR count). The highest BCUT2D eigenvalue weighted by atomic mass is 16.5. The summed E-state index contributed by atoms with van der Waals surface area (Å²) in [6.07, 6.45) is 3.85. The van der Waals surface area contributed by atoms with Gasteiger partial charge in [0.25, 0.3) is 11.5 Å². The number of carbonyl (C=O) groups is 1. The molecule has 0 spiro atoms. The van der Waals surface area contributed by atoms with Crippen molar-refractivity contribution in [3.63, 3.8) is 0 Å². The van der Waals surface area contributed by atoms with Gasteiger partial charge in [0.05, 0.1) is 12.7 Å². The summed E-state index contributed by atoms with van der Waals surface area (Å²) in [4.78, 5) is 28.4. The molecule has 0 saturated carbocycles. The second kappa shape index (κ2) is 7.50. The maximum Gasteiger partial charge on any atom is 0.262 e. The van der Waals surface area contributed by atoms with E-state index in [0.717, 1.165) is 31.7 Å². The lowest BCUT2D eigenvalue weighted by Gasteiger charge is -2.31. The van der Waals surface area contributed by atoms with E-state index >= 15 is 0 Å². The van der Waals surface area contributed by atoms with Gasteiger partial charge in [0.1, 0.15) is 5.75 Å². The van der Waals surface area contributed by atoms with Gasteiger partial charge < -0.3 is 9.64 Å². The molecule has 1 aliphatic rings. The number of piperidine rings is 1. The summed E-state index contributed by atoms with van der Waals surface area (Å²) in [6, 6.07) is 14.6. The molecule has 2 heterocycles. The molecule has 1 saturated heterocycles. The third-order valence-corrected chi connectivity index (χ3v) is 5.45. The molecule has 1 amide bonds. The van der Waals surface area contributed by atoms with Crippen LogP contribution in [0.15, 0.2) is 59.5 Å². The molecule has 1 aliphatic heterocycles. The lowest BCUT2D eigenvalue weighted by Crippen LogP contribution is -2.39. The van der Waals surface area contributed by atoms with Crippen LogP contribution < -0.4 is 10.3 Å². The van der Waals surface area contributed by atoms with E-state index in [2.05, 4.69) is 6.92 Å². The first kappa shape index (κ1) is 18.3. The number of carbonyl (C=O) groups excluding carboxylic acids is 1. The molecule has 1 aromatic heterocycles. The lowest BCUT2D eigenvalue weighted by atomic mass is 9.98. The summed E-state index contributed by atoms with van der Waals surface area (Å²) in [6.45, 7) is 3.70. The van der Waals surface area contributed by atoms with E-state index in [9.17, 15) is 9.59 Å². The summed E-state index contributed by atoms with van der Waals surface area (Å²) in [7, 11) is 1.60. The van der Waals surface area contributed by atoms with Crippen molar-refractivity contribution in [1.82, 2.24) is 9.47 Å². The molecular weight excluding hydrogens is 352 g/mol. The van der Waals surface area contributed by atoms with Crippen LogP contribution >= 0.6 is 0 Å². The number of hydrogen-bond donors (Lipinski definition) is 0. The van der Waals surface area contributed by atoms with Crippen molar-refractivity contribution in [2.75, 3.05) is 20.2 Å². The summed E-state index contributed by atoms with van der Waals surface area (Å²) in [5, 5.41) is 1.26. The van der Waals surface area contributed by atoms with Gasteiger partial charge in [0.2, 0.25) is 0 Å². The number of pyridine rings is 1. The highest BCUT2D eigenvalue weighted by molar-refractivity contribution is 6.06. The molecule has 2 aromatic carbocycles. The smallest absolute Gasteiger partial charge is 0.262 e. The zero-order valence-corrected chi connectivity index (χ0v) is 16.2. The zero-order chi connectivity index (χ0) is 19.7. The molecule has 0 N–H and O–H groups in total. The van der Waals surface area contributed by atoms with E-state index in [1.54, 1.807) is 23.9 Å². The van der Waals surface area contributed by atoms with Crippen LogP contribution in [0.2, 0.25) is 0 Å². The standard InChI is InChI=1S/C23H24N2O3/c1-16-6-5-13-24(14-16)22(26)21-15-25(17-9-11-18(28-2)12-10-17)23(27)20-8-4-3-7-19(20)21/h3-4,7-12,15-16H,5-6,13-14H2,1-2H3/t16-/m0/s1. The minimum atomic E-state index is -0.135. The molecule has 0 bridgehead atoms. The van der Waals surface area contributed by atoms with Crippen LogP contribution in [0, 0.1) is 5.92 Å². The fourth-order valence-electron chi connectivity index (χ4n) is 3.94. The predicted octanol–water partition coefficient (Wildman–Crippen LogP) is 3.87. The Balaban J connectivity index is 1.86. The first-order valence-electron chi connectivity index (χ1n) is 9.66. The van der Waals surface area contributed by atoms with Crippen LogP contribution in [-0.2, 0) is 0 Å². The highest BCUT2D eigenvalue weighted by Gasteiger charge is 2.24. The normalized spacial score (nSPS) is 16.9. The van der Waals surface area contributed by atoms with Gasteiger partial charge in [-0.3, -0.25) is 14.2 Å². The summed E-state index contributed by atoms with van der Waals surface area (Å²) < 4.78 is 6.77. The Labute approximate surface area is 164 Å². The van der Waals surface area contributed by atoms with Crippen LogP contribution in [0.3, 0.4) is 0 Å². The average molecular weight is 376 g/mol. The van der Waals surface area contributed by atoms with E-state index < -0.39 is 0 Å². The van der Waals surface area contributed by atoms with Crippen molar-refractivity contribution in [2.45, 2.75) is 19.8 Å². The molecule has 1 atom stereocenters. The molecule has 0 unspecified atom stereocenters. The van der Waals surface area contributed by atoms with Crippen molar-refractivity contribution in [3.05, 3.63) is 70.6 Å². The van der Waals surface area contributed by atoms with E-state index in [-0.39, 0.29) is 11.5 Å². The third-order valence-electron chi connectivity index (χ3n) is 5.45. The fraction of sp³-hybridized carbons (Fsp3) is 0.304. The first-order chi connectivity index (χ1) is 13.6. The third kappa shape index (κ3) is 3.28. The topological polar surface area (TPSA) is 51.5 Å². The molecule has 28 heavy (non-hydrogen) atoms. The number of benzene rings is 2. The quantitative estimate of drug-likeness (QED) is 0.697. The number of rotatable bonds is 3. The van der Waals surface area contributed by atoms with Gasteiger partial charge >= 0.3 is 0 Å². The van der Waals surface area contributed by atoms with Crippen LogP contribution in [-0.4, -0.2) is 35.6 Å². The number of ether oxygens (including phenoxy) is 1. The minimum Gasteiger partial charge on any atom is -0.497 e. The number of hydrogen-bond acceptors (Lipinski definition) is 3. The van der Waals surface area contributed by atoms with Crippen LogP contribution in [0.5, 0.6) is 5.75 Å². The Kier molecular flexibility index (Phi) is 4.90. The number of aromatic nitrogens is 1. The monoisotopic (exact) mass is 376 g/mol. The summed E-state index contributed by atoms with van der Waals surface area (Å²) >= 11 is 0. The summed E-state index contributed by atoms with van der Waals surface area (Å²) in [5.41, 5.74) is 1.14. The fourth-order valence-corrected chi connectivity index (χ4v) is 3.94. The van der Waals surface area contributed by atoms with E-state index in [1.165, 1.54) is 0 Å². The number of nitrogens with zero attached hydrogens (tertiary/aromatic N) is 2. The second-order valence-electron chi connectivity index (χ2n) is 7.46. The van der Waals surface area contributed by atoms with Gasteiger partial charge in [-0.1, -0.05) is 25.1 Å².